The second kappa shape index (κ2) is 6.23. The molecule has 26 heavy (non-hydrogen) atoms. The molecule has 0 amide bonds. The molecule has 0 saturated carbocycles. The Balaban J connectivity index is 1.43. The highest BCUT2D eigenvalue weighted by molar-refractivity contribution is 5.47. The zero-order chi connectivity index (χ0) is 17.5. The quantitative estimate of drug-likeness (QED) is 0.721. The van der Waals surface area contributed by atoms with Crippen molar-refractivity contribution in [3.05, 3.63) is 52.2 Å². The van der Waals surface area contributed by atoms with E-state index in [0.717, 1.165) is 61.4 Å². The van der Waals surface area contributed by atoms with E-state index in [1.807, 2.05) is 18.3 Å². The van der Waals surface area contributed by atoms with Gasteiger partial charge in [0.25, 0.3) is 5.56 Å². The van der Waals surface area contributed by atoms with Crippen LogP contribution in [0.5, 0.6) is 0 Å². The molecule has 0 bridgehead atoms. The van der Waals surface area contributed by atoms with Gasteiger partial charge in [-0.15, -0.1) is 5.10 Å². The van der Waals surface area contributed by atoms with Crippen molar-refractivity contribution in [1.82, 2.24) is 24.4 Å². The third-order valence-corrected chi connectivity index (χ3v) is 5.57. The van der Waals surface area contributed by atoms with Crippen LogP contribution in [0.4, 0.5) is 5.82 Å². The molecule has 0 aromatic carbocycles. The van der Waals surface area contributed by atoms with E-state index in [-0.39, 0.29) is 11.6 Å². The van der Waals surface area contributed by atoms with Crippen molar-refractivity contribution in [2.45, 2.75) is 51.1 Å². The predicted octanol–water partition coefficient (Wildman–Crippen LogP) is 1.83. The number of fused-ring (bicyclic) bond motifs is 2. The highest BCUT2D eigenvalue weighted by Crippen LogP contribution is 2.25. The minimum absolute atomic E-state index is 0.0236. The van der Waals surface area contributed by atoms with Gasteiger partial charge in [0.2, 0.25) is 0 Å². The fraction of sp³-hybridized carbons (Fsp3) is 0.474. The van der Waals surface area contributed by atoms with E-state index in [2.05, 4.69) is 20.1 Å². The lowest BCUT2D eigenvalue weighted by Crippen LogP contribution is -2.38. The van der Waals surface area contributed by atoms with Crippen LogP contribution in [0.25, 0.3) is 5.65 Å². The van der Waals surface area contributed by atoms with Gasteiger partial charge in [0.15, 0.2) is 5.65 Å². The van der Waals surface area contributed by atoms with Crippen LogP contribution >= 0.6 is 0 Å². The van der Waals surface area contributed by atoms with E-state index in [1.54, 1.807) is 21.5 Å². The minimum Gasteiger partial charge on any atom is -0.350 e. The topological polar surface area (TPSA) is 68.3 Å². The fourth-order valence-corrected chi connectivity index (χ4v) is 4.22. The summed E-state index contributed by atoms with van der Waals surface area (Å²) in [5, 5.41) is 9.36. The number of aryl methyl sites for hydroxylation is 2. The maximum absolute atomic E-state index is 12.5. The molecule has 7 nitrogen and oxygen atoms in total. The Morgan fingerprint density at radius 1 is 1.12 bits per heavy atom. The third kappa shape index (κ3) is 2.67. The summed E-state index contributed by atoms with van der Waals surface area (Å²) in [4.78, 5) is 19.1. The molecular weight excluding hydrogens is 328 g/mol. The lowest BCUT2D eigenvalue weighted by Gasteiger charge is -2.26. The van der Waals surface area contributed by atoms with E-state index in [4.69, 9.17) is 0 Å². The summed E-state index contributed by atoms with van der Waals surface area (Å²) >= 11 is 0. The number of aromatic nitrogens is 5. The van der Waals surface area contributed by atoms with Crippen molar-refractivity contribution < 1.29 is 0 Å². The molecule has 5 rings (SSSR count). The van der Waals surface area contributed by atoms with E-state index < -0.39 is 0 Å². The zero-order valence-electron chi connectivity index (χ0n) is 14.7. The van der Waals surface area contributed by atoms with Gasteiger partial charge in [0.1, 0.15) is 5.82 Å². The van der Waals surface area contributed by atoms with Crippen molar-refractivity contribution in [3.63, 3.8) is 0 Å². The first kappa shape index (κ1) is 15.5. The summed E-state index contributed by atoms with van der Waals surface area (Å²) in [6.45, 7) is 1.58. The summed E-state index contributed by atoms with van der Waals surface area (Å²) < 4.78 is 3.47. The number of imidazole rings is 1. The van der Waals surface area contributed by atoms with Crippen LogP contribution in [-0.2, 0) is 19.4 Å². The molecule has 1 aliphatic heterocycles. The van der Waals surface area contributed by atoms with Gasteiger partial charge in [0.05, 0.1) is 18.3 Å². The highest BCUT2D eigenvalue weighted by atomic mass is 16.1. The average Bonchev–Trinajstić information content (AvgIpc) is 3.30. The molecular formula is C19H22N6O. The van der Waals surface area contributed by atoms with Gasteiger partial charge in [-0.1, -0.05) is 0 Å². The smallest absolute Gasteiger partial charge is 0.267 e. The zero-order valence-corrected chi connectivity index (χ0v) is 14.7. The SMILES string of the molecule is O=c1cc2c(nn1CC1CCCN1c1ccc3nccn3n1)CCCC2. The van der Waals surface area contributed by atoms with Crippen LogP contribution in [0.2, 0.25) is 0 Å². The molecule has 2 aliphatic rings. The van der Waals surface area contributed by atoms with Crippen molar-refractivity contribution in [2.24, 2.45) is 0 Å². The van der Waals surface area contributed by atoms with E-state index in [9.17, 15) is 4.79 Å². The first-order valence-corrected chi connectivity index (χ1v) is 9.45. The largest absolute Gasteiger partial charge is 0.350 e. The van der Waals surface area contributed by atoms with Gasteiger partial charge in [-0.05, 0) is 56.2 Å². The van der Waals surface area contributed by atoms with Crippen LogP contribution in [0, 0.1) is 0 Å². The molecule has 0 N–H and O–H groups in total. The van der Waals surface area contributed by atoms with Gasteiger partial charge in [-0.25, -0.2) is 14.2 Å². The van der Waals surface area contributed by atoms with E-state index >= 15 is 0 Å². The Morgan fingerprint density at radius 2 is 2.04 bits per heavy atom. The van der Waals surface area contributed by atoms with Gasteiger partial charge < -0.3 is 4.90 Å². The van der Waals surface area contributed by atoms with Crippen molar-refractivity contribution >= 4 is 11.5 Å². The lowest BCUT2D eigenvalue weighted by molar-refractivity contribution is 0.471. The van der Waals surface area contributed by atoms with Crippen LogP contribution in [-0.4, -0.2) is 37.0 Å². The van der Waals surface area contributed by atoms with E-state index in [1.165, 1.54) is 6.42 Å². The normalized spacial score (nSPS) is 19.8. The lowest BCUT2D eigenvalue weighted by atomic mass is 9.97. The van der Waals surface area contributed by atoms with Crippen LogP contribution in [0.15, 0.2) is 35.4 Å². The predicted molar refractivity (Wildman–Crippen MR) is 98.5 cm³/mol. The molecule has 7 heteroatoms. The number of hydrogen-bond acceptors (Lipinski definition) is 5. The Kier molecular flexibility index (Phi) is 3.72. The number of rotatable bonds is 3. The first-order valence-electron chi connectivity index (χ1n) is 9.45. The molecule has 3 aromatic rings. The molecule has 4 heterocycles. The summed E-state index contributed by atoms with van der Waals surface area (Å²) in [5.74, 6) is 0.934. The first-order chi connectivity index (χ1) is 12.8. The number of nitrogens with zero attached hydrogens (tertiary/aromatic N) is 6. The van der Waals surface area contributed by atoms with Gasteiger partial charge in [-0.2, -0.15) is 5.10 Å². The van der Waals surface area contributed by atoms with Gasteiger partial charge >= 0.3 is 0 Å². The second-order valence-corrected chi connectivity index (χ2v) is 7.25. The maximum atomic E-state index is 12.5. The molecule has 1 aliphatic carbocycles. The van der Waals surface area contributed by atoms with Gasteiger partial charge in [0, 0.05) is 25.0 Å². The molecule has 3 aromatic heterocycles. The maximum Gasteiger partial charge on any atom is 0.267 e. The van der Waals surface area contributed by atoms with Crippen molar-refractivity contribution in [2.75, 3.05) is 11.4 Å². The molecule has 0 spiro atoms. The number of anilines is 1. The highest BCUT2D eigenvalue weighted by Gasteiger charge is 2.27. The average molecular weight is 350 g/mol. The summed E-state index contributed by atoms with van der Waals surface area (Å²) in [7, 11) is 0. The Labute approximate surface area is 151 Å². The fourth-order valence-electron chi connectivity index (χ4n) is 4.22. The number of hydrogen-bond donors (Lipinski definition) is 0. The summed E-state index contributed by atoms with van der Waals surface area (Å²) in [6.07, 6.45) is 10.1. The molecule has 1 atom stereocenters. The van der Waals surface area contributed by atoms with E-state index in [0.29, 0.717) is 6.54 Å². The Morgan fingerprint density at radius 3 is 3.00 bits per heavy atom. The molecule has 1 unspecified atom stereocenters. The second-order valence-electron chi connectivity index (χ2n) is 7.25. The standard InChI is InChI=1S/C19H22N6O/c26-19-12-14-4-1-2-6-16(14)21-25(19)13-15-5-3-10-23(15)18-8-7-17-20-9-11-24(17)22-18/h7-9,11-12,15H,1-6,10,13H2. The molecule has 134 valence electrons. The van der Waals surface area contributed by atoms with Crippen LogP contribution in [0.1, 0.15) is 36.9 Å². The summed E-state index contributed by atoms with van der Waals surface area (Å²) in [5.41, 5.74) is 3.12. The monoisotopic (exact) mass is 350 g/mol. The molecule has 0 radical (unpaired) electrons. The summed E-state index contributed by atoms with van der Waals surface area (Å²) in [6, 6.07) is 6.05. The van der Waals surface area contributed by atoms with Crippen molar-refractivity contribution in [1.29, 1.82) is 0 Å². The molecule has 1 fully saturated rings. The third-order valence-electron chi connectivity index (χ3n) is 5.57. The van der Waals surface area contributed by atoms with Crippen molar-refractivity contribution in [3.8, 4) is 0 Å². The Bertz CT molecular complexity index is 1010. The van der Waals surface area contributed by atoms with Crippen LogP contribution < -0.4 is 10.5 Å². The minimum atomic E-state index is 0.0236. The Hall–Kier alpha value is -2.70. The van der Waals surface area contributed by atoms with Gasteiger partial charge in [-0.3, -0.25) is 4.79 Å². The van der Waals surface area contributed by atoms with Crippen LogP contribution in [0.3, 0.4) is 0 Å². The molecule has 1 saturated heterocycles.